The highest BCUT2D eigenvalue weighted by atomic mass is 32.2. The Bertz CT molecular complexity index is 1100. The van der Waals surface area contributed by atoms with Gasteiger partial charge >= 0.3 is 0 Å². The standard InChI is InChI=1S/C22H26N4O4S/c1-16-3-8-20-19(15-16)23-21(24-31(20,28)29)9-10-22(27)26-13-11-25(12-14-26)17-4-6-18(30-2)7-5-17/h3-8,15H,9-14H2,1-2H3,(H,23,24). The Kier molecular flexibility index (Phi) is 5.86. The number of sulfonamides is 1. The molecule has 0 spiro atoms. The van der Waals surface area contributed by atoms with Crippen molar-refractivity contribution in [1.29, 1.82) is 0 Å². The summed E-state index contributed by atoms with van der Waals surface area (Å²) in [6, 6.07) is 13.0. The normalized spacial score (nSPS) is 17.4. The molecule has 0 unspecified atom stereocenters. The van der Waals surface area contributed by atoms with Crippen LogP contribution in [0.3, 0.4) is 0 Å². The summed E-state index contributed by atoms with van der Waals surface area (Å²) in [4.78, 5) is 16.9. The third-order valence-corrected chi connectivity index (χ3v) is 6.94. The number of nitrogens with zero attached hydrogens (tertiary/aromatic N) is 3. The zero-order valence-electron chi connectivity index (χ0n) is 17.7. The quantitative estimate of drug-likeness (QED) is 0.766. The van der Waals surface area contributed by atoms with Crippen molar-refractivity contribution in [2.24, 2.45) is 4.40 Å². The Morgan fingerprint density at radius 1 is 1.10 bits per heavy atom. The average Bonchev–Trinajstić information content (AvgIpc) is 2.77. The molecule has 0 aromatic heterocycles. The van der Waals surface area contributed by atoms with E-state index in [9.17, 15) is 13.2 Å². The molecule has 0 bridgehead atoms. The molecule has 4 rings (SSSR count). The molecule has 1 amide bonds. The van der Waals surface area contributed by atoms with Crippen molar-refractivity contribution in [3.8, 4) is 5.75 Å². The summed E-state index contributed by atoms with van der Waals surface area (Å²) >= 11 is 0. The lowest BCUT2D eigenvalue weighted by Gasteiger charge is -2.36. The molecule has 0 saturated carbocycles. The zero-order chi connectivity index (χ0) is 22.0. The molecule has 2 aliphatic heterocycles. The van der Waals surface area contributed by atoms with Gasteiger partial charge in [-0.05, 0) is 48.9 Å². The predicted octanol–water partition coefficient (Wildman–Crippen LogP) is 2.65. The van der Waals surface area contributed by atoms with Gasteiger partial charge in [0.15, 0.2) is 0 Å². The number of aryl methyl sites for hydroxylation is 1. The highest BCUT2D eigenvalue weighted by Crippen LogP contribution is 2.29. The second-order valence-corrected chi connectivity index (χ2v) is 9.28. The molecule has 1 saturated heterocycles. The van der Waals surface area contributed by atoms with Crippen LogP contribution in [0.4, 0.5) is 11.4 Å². The lowest BCUT2D eigenvalue weighted by atomic mass is 10.2. The highest BCUT2D eigenvalue weighted by molar-refractivity contribution is 7.90. The van der Waals surface area contributed by atoms with Gasteiger partial charge in [0.05, 0.1) is 12.8 Å². The van der Waals surface area contributed by atoms with Crippen molar-refractivity contribution >= 4 is 33.1 Å². The Hall–Kier alpha value is -3.07. The summed E-state index contributed by atoms with van der Waals surface area (Å²) < 4.78 is 33.9. The van der Waals surface area contributed by atoms with Gasteiger partial charge in [-0.3, -0.25) is 4.79 Å². The first kappa shape index (κ1) is 21.2. The maximum atomic E-state index is 12.7. The smallest absolute Gasteiger partial charge is 0.286 e. The van der Waals surface area contributed by atoms with E-state index in [1.54, 1.807) is 25.3 Å². The van der Waals surface area contributed by atoms with Crippen molar-refractivity contribution in [2.45, 2.75) is 24.7 Å². The zero-order valence-corrected chi connectivity index (χ0v) is 18.5. The van der Waals surface area contributed by atoms with Gasteiger partial charge in [-0.15, -0.1) is 4.40 Å². The van der Waals surface area contributed by atoms with Gasteiger partial charge in [0, 0.05) is 44.7 Å². The van der Waals surface area contributed by atoms with Gasteiger partial charge in [-0.1, -0.05) is 6.07 Å². The fourth-order valence-electron chi connectivity index (χ4n) is 3.84. The molecule has 2 aromatic rings. The number of carbonyl (C=O) groups excluding carboxylic acids is 1. The Morgan fingerprint density at radius 2 is 1.81 bits per heavy atom. The molecule has 0 aliphatic carbocycles. The second-order valence-electron chi connectivity index (χ2n) is 7.70. The first-order chi connectivity index (χ1) is 14.9. The Labute approximate surface area is 182 Å². The summed E-state index contributed by atoms with van der Waals surface area (Å²) in [6.45, 7) is 4.65. The first-order valence-corrected chi connectivity index (χ1v) is 11.7. The van der Waals surface area contributed by atoms with E-state index in [4.69, 9.17) is 4.74 Å². The van der Waals surface area contributed by atoms with E-state index in [1.807, 2.05) is 36.1 Å². The number of anilines is 2. The summed E-state index contributed by atoms with van der Waals surface area (Å²) in [5, 5.41) is 3.07. The molecule has 9 heteroatoms. The number of amidine groups is 1. The third kappa shape index (κ3) is 4.66. The van der Waals surface area contributed by atoms with Crippen molar-refractivity contribution in [3.05, 3.63) is 48.0 Å². The molecule has 2 aliphatic rings. The van der Waals surface area contributed by atoms with Crippen molar-refractivity contribution in [1.82, 2.24) is 4.90 Å². The maximum Gasteiger partial charge on any atom is 0.286 e. The number of hydrogen-bond donors (Lipinski definition) is 1. The van der Waals surface area contributed by atoms with Crippen LogP contribution in [0.2, 0.25) is 0 Å². The lowest BCUT2D eigenvalue weighted by Crippen LogP contribution is -2.48. The van der Waals surface area contributed by atoms with E-state index in [2.05, 4.69) is 14.6 Å². The van der Waals surface area contributed by atoms with E-state index in [0.717, 1.165) is 30.1 Å². The van der Waals surface area contributed by atoms with Crippen LogP contribution >= 0.6 is 0 Å². The molecular weight excluding hydrogens is 416 g/mol. The minimum atomic E-state index is -3.74. The number of methoxy groups -OCH3 is 1. The molecule has 2 aromatic carbocycles. The number of hydrogen-bond acceptors (Lipinski definition) is 6. The molecule has 1 N–H and O–H groups in total. The highest BCUT2D eigenvalue weighted by Gasteiger charge is 2.26. The van der Waals surface area contributed by atoms with E-state index >= 15 is 0 Å². The van der Waals surface area contributed by atoms with Crippen LogP contribution < -0.4 is 15.0 Å². The monoisotopic (exact) mass is 442 g/mol. The van der Waals surface area contributed by atoms with E-state index in [1.165, 1.54) is 0 Å². The molecule has 164 valence electrons. The topological polar surface area (TPSA) is 91.3 Å². The first-order valence-electron chi connectivity index (χ1n) is 10.2. The SMILES string of the molecule is COc1ccc(N2CCN(C(=O)CCC3=NS(=O)(=O)c4ccc(C)cc4N3)CC2)cc1. The minimum absolute atomic E-state index is 0.00585. The van der Waals surface area contributed by atoms with Gasteiger partial charge in [-0.25, -0.2) is 0 Å². The number of benzene rings is 2. The van der Waals surface area contributed by atoms with Crippen molar-refractivity contribution < 1.29 is 17.9 Å². The van der Waals surface area contributed by atoms with Gasteiger partial charge in [0.1, 0.15) is 16.5 Å². The van der Waals surface area contributed by atoms with Crippen LogP contribution in [0.25, 0.3) is 0 Å². The van der Waals surface area contributed by atoms with Gasteiger partial charge in [0.2, 0.25) is 5.91 Å². The Morgan fingerprint density at radius 3 is 2.48 bits per heavy atom. The summed E-state index contributed by atoms with van der Waals surface area (Å²) in [6.07, 6.45) is 0.467. The van der Waals surface area contributed by atoms with Crippen LogP contribution in [0.1, 0.15) is 18.4 Å². The Balaban J connectivity index is 1.32. The maximum absolute atomic E-state index is 12.7. The van der Waals surface area contributed by atoms with Crippen LogP contribution in [0.5, 0.6) is 5.75 Å². The third-order valence-electron chi connectivity index (χ3n) is 5.57. The van der Waals surface area contributed by atoms with Crippen LogP contribution in [-0.2, 0) is 14.8 Å². The predicted molar refractivity (Wildman–Crippen MR) is 120 cm³/mol. The van der Waals surface area contributed by atoms with Gasteiger partial charge < -0.3 is 19.9 Å². The van der Waals surface area contributed by atoms with Crippen LogP contribution in [0, 0.1) is 6.92 Å². The number of piperazine rings is 1. The lowest BCUT2D eigenvalue weighted by molar-refractivity contribution is -0.131. The molecular formula is C22H26N4O4S. The number of carbonyl (C=O) groups is 1. The van der Waals surface area contributed by atoms with Crippen molar-refractivity contribution in [3.63, 3.8) is 0 Å². The fourth-order valence-corrected chi connectivity index (χ4v) is 4.99. The van der Waals surface area contributed by atoms with E-state index < -0.39 is 10.0 Å². The number of rotatable bonds is 5. The van der Waals surface area contributed by atoms with Crippen LogP contribution in [0.15, 0.2) is 51.8 Å². The molecule has 8 nitrogen and oxygen atoms in total. The second kappa shape index (κ2) is 8.58. The number of nitrogens with one attached hydrogen (secondary N) is 1. The molecule has 0 radical (unpaired) electrons. The molecule has 2 heterocycles. The van der Waals surface area contributed by atoms with Gasteiger partial charge in [0.25, 0.3) is 10.0 Å². The van der Waals surface area contributed by atoms with Crippen LogP contribution in [-0.4, -0.2) is 58.3 Å². The largest absolute Gasteiger partial charge is 0.497 e. The molecule has 1 fully saturated rings. The fraction of sp³-hybridized carbons (Fsp3) is 0.364. The average molecular weight is 443 g/mol. The van der Waals surface area contributed by atoms with Gasteiger partial charge in [-0.2, -0.15) is 8.42 Å². The van der Waals surface area contributed by atoms with E-state index in [0.29, 0.717) is 24.6 Å². The molecule has 31 heavy (non-hydrogen) atoms. The van der Waals surface area contributed by atoms with E-state index in [-0.39, 0.29) is 23.6 Å². The minimum Gasteiger partial charge on any atom is -0.497 e. The summed E-state index contributed by atoms with van der Waals surface area (Å²) in [7, 11) is -2.10. The van der Waals surface area contributed by atoms with Crippen molar-refractivity contribution in [2.75, 3.05) is 43.5 Å². The number of fused-ring (bicyclic) bond motifs is 1. The summed E-state index contributed by atoms with van der Waals surface area (Å²) in [5.74, 6) is 1.13. The number of ether oxygens (including phenoxy) is 1. The number of amides is 1. The molecule has 0 atom stereocenters. The summed E-state index contributed by atoms with van der Waals surface area (Å²) in [5.41, 5.74) is 2.58.